The Hall–Kier alpha value is -1.72. The van der Waals surface area contributed by atoms with Crippen molar-refractivity contribution in [3.8, 4) is 11.4 Å². The number of thiophene rings is 1. The molecule has 1 N–H and O–H groups in total. The van der Waals surface area contributed by atoms with Crippen molar-refractivity contribution in [3.63, 3.8) is 0 Å². The van der Waals surface area contributed by atoms with Crippen molar-refractivity contribution in [2.75, 3.05) is 12.4 Å². The fourth-order valence-electron chi connectivity index (χ4n) is 1.84. The number of hydrogen-bond acceptors (Lipinski definition) is 4. The van der Waals surface area contributed by atoms with Gasteiger partial charge in [-0.1, -0.05) is 11.6 Å². The molecule has 3 nitrogen and oxygen atoms in total. The van der Waals surface area contributed by atoms with Crippen LogP contribution in [0.5, 0.6) is 0 Å². The lowest BCUT2D eigenvalue weighted by Gasteiger charge is -2.06. The standard InChI is InChI=1S/C13H9ClFN3S/c1-16-11-8-4-5-19-13(8)18-12(17-11)9-6-7(14)2-3-10(9)15/h2-6H,1H3,(H,16,17,18). The molecule has 2 aromatic heterocycles. The zero-order chi connectivity index (χ0) is 13.4. The minimum atomic E-state index is -0.387. The summed E-state index contributed by atoms with van der Waals surface area (Å²) in [6.07, 6.45) is 0. The van der Waals surface area contributed by atoms with Crippen molar-refractivity contribution in [1.82, 2.24) is 9.97 Å². The Bertz CT molecular complexity index is 757. The predicted molar refractivity (Wildman–Crippen MR) is 77.4 cm³/mol. The highest BCUT2D eigenvalue weighted by molar-refractivity contribution is 7.16. The van der Waals surface area contributed by atoms with Gasteiger partial charge in [0, 0.05) is 12.1 Å². The third-order valence-electron chi connectivity index (χ3n) is 2.73. The van der Waals surface area contributed by atoms with Gasteiger partial charge < -0.3 is 5.32 Å². The molecule has 0 radical (unpaired) electrons. The molecule has 6 heteroatoms. The van der Waals surface area contributed by atoms with Gasteiger partial charge >= 0.3 is 0 Å². The highest BCUT2D eigenvalue weighted by atomic mass is 35.5. The molecule has 0 aliphatic rings. The SMILES string of the molecule is CNc1nc(-c2cc(Cl)ccc2F)nc2sccc12. The molecular formula is C13H9ClFN3S. The van der Waals surface area contributed by atoms with E-state index in [0.29, 0.717) is 22.2 Å². The number of benzene rings is 1. The van der Waals surface area contributed by atoms with Gasteiger partial charge in [-0.25, -0.2) is 14.4 Å². The minimum Gasteiger partial charge on any atom is -0.372 e. The summed E-state index contributed by atoms with van der Waals surface area (Å²) in [7, 11) is 1.78. The van der Waals surface area contributed by atoms with Gasteiger partial charge in [0.2, 0.25) is 0 Å². The molecule has 0 atom stereocenters. The van der Waals surface area contributed by atoms with E-state index >= 15 is 0 Å². The van der Waals surface area contributed by atoms with Crippen LogP contribution in [0.3, 0.4) is 0 Å². The normalized spacial score (nSPS) is 10.9. The first-order valence-corrected chi connectivity index (χ1v) is 6.83. The van der Waals surface area contributed by atoms with Crippen LogP contribution >= 0.6 is 22.9 Å². The second-order valence-corrected chi connectivity index (χ2v) is 5.24. The topological polar surface area (TPSA) is 37.8 Å². The van der Waals surface area contributed by atoms with E-state index in [1.807, 2.05) is 11.4 Å². The van der Waals surface area contributed by atoms with Crippen molar-refractivity contribution in [2.45, 2.75) is 0 Å². The summed E-state index contributed by atoms with van der Waals surface area (Å²) < 4.78 is 13.9. The second-order valence-electron chi connectivity index (χ2n) is 3.91. The monoisotopic (exact) mass is 293 g/mol. The maximum Gasteiger partial charge on any atom is 0.166 e. The Balaban J connectivity index is 2.27. The number of nitrogens with zero attached hydrogens (tertiary/aromatic N) is 2. The van der Waals surface area contributed by atoms with Gasteiger partial charge in [0.1, 0.15) is 16.5 Å². The fraction of sp³-hybridized carbons (Fsp3) is 0.0769. The van der Waals surface area contributed by atoms with E-state index in [2.05, 4.69) is 15.3 Å². The second kappa shape index (κ2) is 4.75. The number of hydrogen-bond donors (Lipinski definition) is 1. The summed E-state index contributed by atoms with van der Waals surface area (Å²) >= 11 is 7.39. The Kier molecular flexibility index (Phi) is 3.08. The van der Waals surface area contributed by atoms with E-state index in [1.165, 1.54) is 29.5 Å². The molecule has 0 aliphatic carbocycles. The lowest BCUT2D eigenvalue weighted by atomic mass is 10.2. The summed E-state index contributed by atoms with van der Waals surface area (Å²) in [6.45, 7) is 0. The smallest absolute Gasteiger partial charge is 0.166 e. The predicted octanol–water partition coefficient (Wildman–Crippen LogP) is 4.19. The van der Waals surface area contributed by atoms with Crippen LogP contribution in [0, 0.1) is 5.82 Å². The van der Waals surface area contributed by atoms with Gasteiger partial charge in [-0.3, -0.25) is 0 Å². The average molecular weight is 294 g/mol. The largest absolute Gasteiger partial charge is 0.372 e. The molecule has 0 aliphatic heterocycles. The number of nitrogens with one attached hydrogen (secondary N) is 1. The highest BCUT2D eigenvalue weighted by Crippen LogP contribution is 2.30. The number of aromatic nitrogens is 2. The van der Waals surface area contributed by atoms with E-state index in [4.69, 9.17) is 11.6 Å². The summed E-state index contributed by atoms with van der Waals surface area (Å²) in [4.78, 5) is 9.55. The molecule has 96 valence electrons. The summed E-state index contributed by atoms with van der Waals surface area (Å²) in [5.41, 5.74) is 0.305. The van der Waals surface area contributed by atoms with Gasteiger partial charge in [0.25, 0.3) is 0 Å². The first-order chi connectivity index (χ1) is 9.19. The first kappa shape index (κ1) is 12.3. The van der Waals surface area contributed by atoms with Gasteiger partial charge in [-0.15, -0.1) is 11.3 Å². The molecule has 0 amide bonds. The van der Waals surface area contributed by atoms with Crippen molar-refractivity contribution in [2.24, 2.45) is 0 Å². The summed E-state index contributed by atoms with van der Waals surface area (Å²) in [6, 6.07) is 6.29. The molecule has 1 aromatic carbocycles. The fourth-order valence-corrected chi connectivity index (χ4v) is 2.77. The van der Waals surface area contributed by atoms with Crippen LogP contribution in [-0.4, -0.2) is 17.0 Å². The summed E-state index contributed by atoms with van der Waals surface area (Å²) in [5, 5.41) is 6.31. The first-order valence-electron chi connectivity index (χ1n) is 5.57. The van der Waals surface area contributed by atoms with Crippen LogP contribution in [0.4, 0.5) is 10.2 Å². The molecule has 0 fully saturated rings. The number of halogens is 2. The maximum atomic E-state index is 13.9. The summed E-state index contributed by atoms with van der Waals surface area (Å²) in [5.74, 6) is 0.627. The van der Waals surface area contributed by atoms with Crippen LogP contribution in [-0.2, 0) is 0 Å². The molecule has 0 saturated carbocycles. The van der Waals surface area contributed by atoms with Gasteiger partial charge in [-0.05, 0) is 29.6 Å². The molecule has 0 bridgehead atoms. The Labute approximate surface area is 118 Å². The van der Waals surface area contributed by atoms with E-state index in [9.17, 15) is 4.39 Å². The number of rotatable bonds is 2. The molecule has 0 unspecified atom stereocenters. The van der Waals surface area contributed by atoms with Crippen molar-refractivity contribution < 1.29 is 4.39 Å². The third kappa shape index (κ3) is 2.15. The van der Waals surface area contributed by atoms with Gasteiger partial charge in [0.05, 0.1) is 10.9 Å². The van der Waals surface area contributed by atoms with Crippen molar-refractivity contribution in [3.05, 3.63) is 40.5 Å². The van der Waals surface area contributed by atoms with Gasteiger partial charge in [-0.2, -0.15) is 0 Å². The van der Waals surface area contributed by atoms with E-state index < -0.39 is 0 Å². The molecule has 3 rings (SSSR count). The number of anilines is 1. The number of fused-ring (bicyclic) bond motifs is 1. The minimum absolute atomic E-state index is 0.305. The van der Waals surface area contributed by atoms with Crippen molar-refractivity contribution in [1.29, 1.82) is 0 Å². The zero-order valence-electron chi connectivity index (χ0n) is 9.95. The van der Waals surface area contributed by atoms with Crippen molar-refractivity contribution >= 4 is 39.0 Å². The molecule has 0 saturated heterocycles. The quantitative estimate of drug-likeness (QED) is 0.770. The molecule has 0 spiro atoms. The van der Waals surface area contributed by atoms with Gasteiger partial charge in [0.15, 0.2) is 5.82 Å². The third-order valence-corrected chi connectivity index (χ3v) is 3.77. The lowest BCUT2D eigenvalue weighted by Crippen LogP contribution is -1.98. The average Bonchev–Trinajstić information content (AvgIpc) is 2.88. The molecule has 3 aromatic rings. The lowest BCUT2D eigenvalue weighted by molar-refractivity contribution is 0.630. The van der Waals surface area contributed by atoms with Crippen LogP contribution < -0.4 is 5.32 Å². The molecule has 2 heterocycles. The molecular weight excluding hydrogens is 285 g/mol. The molecule has 19 heavy (non-hydrogen) atoms. The van der Waals surface area contributed by atoms with E-state index in [0.717, 1.165) is 10.2 Å². The Morgan fingerprint density at radius 1 is 1.26 bits per heavy atom. The Morgan fingerprint density at radius 3 is 2.89 bits per heavy atom. The Morgan fingerprint density at radius 2 is 2.11 bits per heavy atom. The van der Waals surface area contributed by atoms with Crippen LogP contribution in [0.15, 0.2) is 29.6 Å². The van der Waals surface area contributed by atoms with E-state index in [-0.39, 0.29) is 5.82 Å². The van der Waals surface area contributed by atoms with Crippen LogP contribution in [0.25, 0.3) is 21.6 Å². The van der Waals surface area contributed by atoms with E-state index in [1.54, 1.807) is 7.05 Å². The van der Waals surface area contributed by atoms with Crippen LogP contribution in [0.1, 0.15) is 0 Å². The van der Waals surface area contributed by atoms with Crippen LogP contribution in [0.2, 0.25) is 5.02 Å². The zero-order valence-corrected chi connectivity index (χ0v) is 11.5. The maximum absolute atomic E-state index is 13.9. The highest BCUT2D eigenvalue weighted by Gasteiger charge is 2.13.